The average molecular weight is 376 g/mol. The highest BCUT2D eigenvalue weighted by Gasteiger charge is 2.11. The Morgan fingerprint density at radius 1 is 0.926 bits per heavy atom. The topological polar surface area (TPSA) is 84.5 Å². The lowest BCUT2D eigenvalue weighted by atomic mass is 10.1. The Labute approximate surface area is 154 Å². The number of esters is 1. The number of carbonyl (C=O) groups is 3. The molecule has 0 saturated carbocycles. The molecule has 0 saturated heterocycles. The molecule has 0 unspecified atom stereocenters. The smallest absolute Gasteiger partial charge is 0.325 e. The second-order valence-electron chi connectivity index (χ2n) is 5.58. The predicted molar refractivity (Wildman–Crippen MR) is 92.8 cm³/mol. The van der Waals surface area contributed by atoms with Crippen LogP contribution in [0.1, 0.15) is 15.9 Å². The first-order chi connectivity index (χ1) is 12.9. The number of nitrogens with one attached hydrogen (secondary N) is 2. The summed E-state index contributed by atoms with van der Waals surface area (Å²) in [7, 11) is 0. The van der Waals surface area contributed by atoms with E-state index in [4.69, 9.17) is 4.74 Å². The van der Waals surface area contributed by atoms with E-state index in [-0.39, 0.29) is 11.4 Å². The van der Waals surface area contributed by atoms with Crippen molar-refractivity contribution in [2.24, 2.45) is 0 Å². The first-order valence-corrected chi connectivity index (χ1v) is 8.14. The molecule has 0 radical (unpaired) electrons. The second-order valence-corrected chi connectivity index (χ2v) is 5.58. The largest absolute Gasteiger partial charge is 0.454 e. The molecule has 2 N–H and O–H groups in total. The SMILES string of the molecule is O=C(COC(=O)CNC(=O)c1cccc(F)c1)NCCc1ccc(F)cc1. The molecule has 0 aromatic heterocycles. The summed E-state index contributed by atoms with van der Waals surface area (Å²) in [6.45, 7) is -0.630. The molecule has 6 nitrogen and oxygen atoms in total. The van der Waals surface area contributed by atoms with Crippen molar-refractivity contribution in [2.45, 2.75) is 6.42 Å². The van der Waals surface area contributed by atoms with E-state index in [0.29, 0.717) is 13.0 Å². The van der Waals surface area contributed by atoms with Gasteiger partial charge in [-0.2, -0.15) is 0 Å². The van der Waals surface area contributed by atoms with E-state index in [1.165, 1.54) is 30.3 Å². The first kappa shape index (κ1) is 20.0. The zero-order valence-electron chi connectivity index (χ0n) is 14.3. The number of ether oxygens (including phenoxy) is 1. The molecule has 2 aromatic carbocycles. The van der Waals surface area contributed by atoms with Gasteiger partial charge in [-0.05, 0) is 42.3 Å². The van der Waals surface area contributed by atoms with Crippen molar-refractivity contribution in [3.63, 3.8) is 0 Å². The maximum atomic E-state index is 13.0. The summed E-state index contributed by atoms with van der Waals surface area (Å²) in [4.78, 5) is 34.9. The van der Waals surface area contributed by atoms with E-state index in [1.54, 1.807) is 12.1 Å². The zero-order valence-corrected chi connectivity index (χ0v) is 14.3. The standard InChI is InChI=1S/C19H18F2N2O4/c20-15-6-4-13(5-7-15)8-9-22-17(24)12-27-18(25)11-23-19(26)14-2-1-3-16(21)10-14/h1-7,10H,8-9,11-12H2,(H,22,24)(H,23,26). The molecule has 0 aliphatic carbocycles. The molecule has 27 heavy (non-hydrogen) atoms. The lowest BCUT2D eigenvalue weighted by molar-refractivity contribution is -0.147. The fourth-order valence-corrected chi connectivity index (χ4v) is 2.13. The Morgan fingerprint density at radius 3 is 2.37 bits per heavy atom. The van der Waals surface area contributed by atoms with E-state index in [0.717, 1.165) is 11.6 Å². The van der Waals surface area contributed by atoms with Crippen LogP contribution in [0.5, 0.6) is 0 Å². The summed E-state index contributed by atoms with van der Waals surface area (Å²) >= 11 is 0. The molecule has 0 fully saturated rings. The fraction of sp³-hybridized carbons (Fsp3) is 0.211. The molecule has 0 atom stereocenters. The zero-order chi connectivity index (χ0) is 19.6. The minimum atomic E-state index is -0.798. The van der Waals surface area contributed by atoms with Gasteiger partial charge in [0.15, 0.2) is 6.61 Å². The van der Waals surface area contributed by atoms with Gasteiger partial charge in [0.1, 0.15) is 18.2 Å². The maximum absolute atomic E-state index is 13.0. The number of halogens is 2. The summed E-state index contributed by atoms with van der Waals surface area (Å²) in [6.07, 6.45) is 0.504. The molecule has 2 rings (SSSR count). The van der Waals surface area contributed by atoms with E-state index >= 15 is 0 Å². The third-order valence-electron chi connectivity index (χ3n) is 3.49. The molecular formula is C19H18F2N2O4. The van der Waals surface area contributed by atoms with Gasteiger partial charge in [-0.15, -0.1) is 0 Å². The summed E-state index contributed by atoms with van der Waals surface area (Å²) < 4.78 is 30.6. The minimum Gasteiger partial charge on any atom is -0.454 e. The maximum Gasteiger partial charge on any atom is 0.325 e. The molecule has 0 aliphatic rings. The summed E-state index contributed by atoms with van der Waals surface area (Å²) in [5.74, 6) is -2.83. The van der Waals surface area contributed by atoms with Crippen LogP contribution in [0.15, 0.2) is 48.5 Å². The van der Waals surface area contributed by atoms with Crippen LogP contribution in [0.25, 0.3) is 0 Å². The molecule has 0 bridgehead atoms. The average Bonchev–Trinajstić information content (AvgIpc) is 2.66. The van der Waals surface area contributed by atoms with Gasteiger partial charge in [0, 0.05) is 12.1 Å². The van der Waals surface area contributed by atoms with Gasteiger partial charge in [-0.1, -0.05) is 18.2 Å². The Kier molecular flexibility index (Phi) is 7.42. The van der Waals surface area contributed by atoms with Gasteiger partial charge in [0.2, 0.25) is 0 Å². The molecule has 2 amide bonds. The van der Waals surface area contributed by atoms with Gasteiger partial charge in [0.25, 0.3) is 11.8 Å². The van der Waals surface area contributed by atoms with Crippen molar-refractivity contribution in [3.05, 3.63) is 71.3 Å². The lowest BCUT2D eigenvalue weighted by Crippen LogP contribution is -2.34. The highest BCUT2D eigenvalue weighted by molar-refractivity contribution is 5.96. The van der Waals surface area contributed by atoms with Crippen molar-refractivity contribution in [1.82, 2.24) is 10.6 Å². The van der Waals surface area contributed by atoms with E-state index in [9.17, 15) is 23.2 Å². The van der Waals surface area contributed by atoms with E-state index < -0.39 is 36.8 Å². The van der Waals surface area contributed by atoms with Gasteiger partial charge in [-0.3, -0.25) is 14.4 Å². The molecular weight excluding hydrogens is 358 g/mol. The Bertz CT molecular complexity index is 810. The fourth-order valence-electron chi connectivity index (χ4n) is 2.13. The van der Waals surface area contributed by atoms with Crippen molar-refractivity contribution in [2.75, 3.05) is 19.7 Å². The number of hydrogen-bond donors (Lipinski definition) is 2. The third kappa shape index (κ3) is 7.23. The van der Waals surface area contributed by atoms with Gasteiger partial charge in [0.05, 0.1) is 0 Å². The van der Waals surface area contributed by atoms with Crippen LogP contribution in [-0.4, -0.2) is 37.5 Å². The number of carbonyl (C=O) groups excluding carboxylic acids is 3. The van der Waals surface area contributed by atoms with Crippen LogP contribution in [0, 0.1) is 11.6 Å². The minimum absolute atomic E-state index is 0.0707. The number of rotatable bonds is 8. The van der Waals surface area contributed by atoms with Crippen molar-refractivity contribution in [3.8, 4) is 0 Å². The molecule has 0 spiro atoms. The molecule has 142 valence electrons. The number of benzene rings is 2. The lowest BCUT2D eigenvalue weighted by Gasteiger charge is -2.08. The quantitative estimate of drug-likeness (QED) is 0.686. The molecule has 0 heterocycles. The van der Waals surface area contributed by atoms with Crippen LogP contribution in [-0.2, 0) is 20.7 Å². The monoisotopic (exact) mass is 376 g/mol. The highest BCUT2D eigenvalue weighted by atomic mass is 19.1. The summed E-state index contributed by atoms with van der Waals surface area (Å²) in [5, 5.41) is 4.84. The normalized spacial score (nSPS) is 10.1. The Balaban J connectivity index is 1.62. The first-order valence-electron chi connectivity index (χ1n) is 8.14. The third-order valence-corrected chi connectivity index (χ3v) is 3.49. The number of hydrogen-bond acceptors (Lipinski definition) is 4. The van der Waals surface area contributed by atoms with Crippen LogP contribution in [0.4, 0.5) is 8.78 Å². The van der Waals surface area contributed by atoms with E-state index in [2.05, 4.69) is 10.6 Å². The summed E-state index contributed by atoms with van der Waals surface area (Å²) in [5.41, 5.74) is 0.926. The van der Waals surface area contributed by atoms with Crippen LogP contribution in [0.3, 0.4) is 0 Å². The van der Waals surface area contributed by atoms with Crippen LogP contribution >= 0.6 is 0 Å². The van der Waals surface area contributed by atoms with Crippen molar-refractivity contribution < 1.29 is 27.9 Å². The Morgan fingerprint density at radius 2 is 1.67 bits per heavy atom. The van der Waals surface area contributed by atoms with E-state index in [1.807, 2.05) is 0 Å². The summed E-state index contributed by atoms with van der Waals surface area (Å²) in [6, 6.07) is 10.9. The van der Waals surface area contributed by atoms with Gasteiger partial charge in [-0.25, -0.2) is 8.78 Å². The predicted octanol–water partition coefficient (Wildman–Crippen LogP) is 1.60. The Hall–Kier alpha value is -3.29. The van der Waals surface area contributed by atoms with Crippen LogP contribution in [0.2, 0.25) is 0 Å². The van der Waals surface area contributed by atoms with Crippen molar-refractivity contribution in [1.29, 1.82) is 0 Å². The number of amides is 2. The molecule has 8 heteroatoms. The molecule has 2 aromatic rings. The van der Waals surface area contributed by atoms with Crippen LogP contribution < -0.4 is 10.6 Å². The van der Waals surface area contributed by atoms with Crippen molar-refractivity contribution >= 4 is 17.8 Å². The van der Waals surface area contributed by atoms with Gasteiger partial charge < -0.3 is 15.4 Å². The van der Waals surface area contributed by atoms with Gasteiger partial charge >= 0.3 is 5.97 Å². The molecule has 0 aliphatic heterocycles. The highest BCUT2D eigenvalue weighted by Crippen LogP contribution is 2.03. The second kappa shape index (κ2) is 10.0.